The summed E-state index contributed by atoms with van der Waals surface area (Å²) in [5, 5.41) is 16.0. The second-order valence-electron chi connectivity index (χ2n) is 22.5. The molecule has 15 aromatic rings. The van der Waals surface area contributed by atoms with Gasteiger partial charge in [0.25, 0.3) is 0 Å². The van der Waals surface area contributed by atoms with Crippen molar-refractivity contribution >= 4 is 97.5 Å². The lowest BCUT2D eigenvalue weighted by atomic mass is 9.90. The second kappa shape index (κ2) is 18.2. The van der Waals surface area contributed by atoms with Crippen molar-refractivity contribution in [3.05, 3.63) is 279 Å². The number of fused-ring (bicyclic) bond motifs is 5. The third kappa shape index (κ3) is 7.08. The molecule has 4 heterocycles. The molecule has 0 amide bonds. The Morgan fingerprint density at radius 2 is 0.393 bits per heavy atom. The number of rotatable bonds is 4. The number of nitrogens with zero attached hydrogens (tertiary/aromatic N) is 2. The van der Waals surface area contributed by atoms with E-state index in [2.05, 4.69) is 289 Å². The molecule has 0 fully saturated rings. The highest BCUT2D eigenvalue weighted by atomic mass is 14.8. The van der Waals surface area contributed by atoms with Crippen LogP contribution in [-0.2, 0) is 0 Å². The Bertz CT molecular complexity index is 5300. The zero-order chi connectivity index (χ0) is 55.0. The molecule has 0 radical (unpaired) electrons. The van der Waals surface area contributed by atoms with Gasteiger partial charge in [-0.2, -0.15) is 0 Å². The van der Waals surface area contributed by atoms with Crippen molar-refractivity contribution < 1.29 is 0 Å². The molecule has 18 rings (SSSR count). The lowest BCUT2D eigenvalue weighted by Gasteiger charge is -2.11. The normalized spacial score (nSPS) is 12.0. The van der Waals surface area contributed by atoms with E-state index in [0.717, 1.165) is 176 Å². The molecule has 84 heavy (non-hydrogen) atoms. The molecule has 2 aliphatic heterocycles. The number of H-pyrrole nitrogens is 2. The van der Waals surface area contributed by atoms with Gasteiger partial charge in [-0.3, -0.25) is 0 Å². The van der Waals surface area contributed by atoms with Crippen molar-refractivity contribution in [3.63, 3.8) is 0 Å². The quantitative estimate of drug-likeness (QED) is 0.173. The molecule has 2 N–H and O–H groups in total. The monoisotopic (exact) mass is 1060 g/mol. The summed E-state index contributed by atoms with van der Waals surface area (Å²) in [4.78, 5) is 21.1. The maximum absolute atomic E-state index is 6.23. The number of nitrogens with one attached hydrogen (secondary N) is 2. The Hall–Kier alpha value is -11.2. The van der Waals surface area contributed by atoms with E-state index >= 15 is 0 Å². The van der Waals surface area contributed by atoms with Crippen molar-refractivity contribution in [2.24, 2.45) is 0 Å². The summed E-state index contributed by atoms with van der Waals surface area (Å²) in [6.45, 7) is 0. The van der Waals surface area contributed by atoms with Crippen LogP contribution >= 0.6 is 0 Å². The highest BCUT2D eigenvalue weighted by Crippen LogP contribution is 2.53. The molecular weight excluding hydrogens is 1020 g/mol. The number of aromatic nitrogens is 4. The summed E-state index contributed by atoms with van der Waals surface area (Å²) in [5.74, 6) is 0. The molecule has 8 bridgehead atoms. The molecule has 4 heteroatoms. The van der Waals surface area contributed by atoms with Crippen LogP contribution in [0.5, 0.6) is 0 Å². The minimum absolute atomic E-state index is 0.898. The first-order valence-electron chi connectivity index (χ1n) is 28.9. The predicted molar refractivity (Wildman–Crippen MR) is 354 cm³/mol. The van der Waals surface area contributed by atoms with Gasteiger partial charge in [-0.05, 0) is 137 Å². The van der Waals surface area contributed by atoms with Crippen LogP contribution in [0.4, 0.5) is 0 Å². The molecule has 1 aliphatic carbocycles. The maximum Gasteiger partial charge on any atom is 0.0816 e. The van der Waals surface area contributed by atoms with E-state index in [4.69, 9.17) is 9.97 Å². The van der Waals surface area contributed by atoms with Gasteiger partial charge in [0, 0.05) is 66.1 Å². The number of benzene rings is 13. The molecule has 388 valence electrons. The first-order chi connectivity index (χ1) is 41.6. The van der Waals surface area contributed by atoms with Crippen LogP contribution in [0.3, 0.4) is 0 Å². The molecule has 4 nitrogen and oxygen atoms in total. The Labute approximate surface area is 483 Å². The fourth-order valence-corrected chi connectivity index (χ4v) is 13.9. The summed E-state index contributed by atoms with van der Waals surface area (Å²) in [6, 6.07) is 102. The largest absolute Gasteiger partial charge is 0.353 e. The van der Waals surface area contributed by atoms with Crippen LogP contribution in [-0.4, -0.2) is 19.9 Å². The summed E-state index contributed by atoms with van der Waals surface area (Å²) < 4.78 is 0. The minimum atomic E-state index is 0.898. The fraction of sp³-hybridized carbons (Fsp3) is 0. The highest BCUT2D eigenvalue weighted by Gasteiger charge is 2.31. The lowest BCUT2D eigenvalue weighted by Crippen LogP contribution is -1.87. The van der Waals surface area contributed by atoms with Gasteiger partial charge >= 0.3 is 0 Å². The molecule has 13 aromatic carbocycles. The molecule has 0 saturated carbocycles. The van der Waals surface area contributed by atoms with Gasteiger partial charge < -0.3 is 9.97 Å². The van der Waals surface area contributed by atoms with Crippen LogP contribution in [0.2, 0.25) is 0 Å². The van der Waals surface area contributed by atoms with Gasteiger partial charge in [0.1, 0.15) is 0 Å². The van der Waals surface area contributed by atoms with Crippen molar-refractivity contribution in [2.45, 2.75) is 0 Å². The van der Waals surface area contributed by atoms with Crippen LogP contribution in [0, 0.1) is 0 Å². The SMILES string of the molecule is c1ccc(-c2c3nc(c(-c4ccccc4)c4[nH]c(c(-c5ccccc5)c5nc(c(-c6ccccc6)c6[nH]c2c2cc7ccccc7cc62)-c2cc6cc7ccccc7cc6cc2-5)c2cc5ccccc5cc42)-c2cc4ccccc4cc2-3)cc1. The van der Waals surface area contributed by atoms with Crippen molar-refractivity contribution in [1.82, 2.24) is 19.9 Å². The summed E-state index contributed by atoms with van der Waals surface area (Å²) in [7, 11) is 0. The standard InChI is InChI=1S/C80H48N4/c1-5-21-47(22-6-1)69-73-61-39-53-31-15-16-32-54(53)40-62(61)74(81-73)70(48-23-7-2-8-24-48)76-64-42-56-34-18-20-36-58(56)44-66(64)78(83-76)72(50-27-11-4-12-28-50)80-68-46-60-38-52-30-14-13-29-51(52)37-59(60)45-67(68)79(84-80)71(49-25-9-3-10-26-49)77-65-43-57-35-19-17-33-55(57)41-63(65)75(69)82-77/h1-46,82-83H. The summed E-state index contributed by atoms with van der Waals surface area (Å²) in [6.07, 6.45) is 0. The fourth-order valence-electron chi connectivity index (χ4n) is 13.9. The van der Waals surface area contributed by atoms with E-state index in [1.54, 1.807) is 0 Å². The van der Waals surface area contributed by atoms with Gasteiger partial charge in [0.15, 0.2) is 0 Å². The minimum Gasteiger partial charge on any atom is -0.353 e. The number of hydrogen-bond donors (Lipinski definition) is 2. The first kappa shape index (κ1) is 46.5. The van der Waals surface area contributed by atoms with E-state index in [1.165, 1.54) is 10.8 Å². The van der Waals surface area contributed by atoms with Crippen LogP contribution in [0.1, 0.15) is 0 Å². The van der Waals surface area contributed by atoms with Crippen LogP contribution in [0.25, 0.3) is 187 Å². The average molecular weight is 1070 g/mol. The van der Waals surface area contributed by atoms with E-state index in [-0.39, 0.29) is 0 Å². The zero-order valence-corrected chi connectivity index (χ0v) is 45.5. The molecular formula is C80H48N4. The van der Waals surface area contributed by atoms with E-state index in [0.29, 0.717) is 0 Å². The van der Waals surface area contributed by atoms with Gasteiger partial charge in [-0.15, -0.1) is 0 Å². The lowest BCUT2D eigenvalue weighted by molar-refractivity contribution is 1.39. The second-order valence-corrected chi connectivity index (χ2v) is 22.5. The first-order valence-corrected chi connectivity index (χ1v) is 28.9. The van der Waals surface area contributed by atoms with Crippen molar-refractivity contribution in [1.29, 1.82) is 0 Å². The molecule has 0 atom stereocenters. The predicted octanol–water partition coefficient (Wildman–Crippen LogP) is 21.7. The topological polar surface area (TPSA) is 57.4 Å². The third-order valence-corrected chi connectivity index (χ3v) is 17.7. The van der Waals surface area contributed by atoms with E-state index in [1.807, 2.05) is 0 Å². The van der Waals surface area contributed by atoms with Gasteiger partial charge in [-0.1, -0.05) is 218 Å². The summed E-state index contributed by atoms with van der Waals surface area (Å²) >= 11 is 0. The maximum atomic E-state index is 6.23. The van der Waals surface area contributed by atoms with Crippen molar-refractivity contribution in [3.8, 4) is 89.5 Å². The molecule has 0 saturated heterocycles. The average Bonchev–Trinajstić information content (AvgIpc) is 2.14. The van der Waals surface area contributed by atoms with Gasteiger partial charge in [-0.25, -0.2) is 9.97 Å². The molecule has 0 unspecified atom stereocenters. The Morgan fingerprint density at radius 3 is 0.643 bits per heavy atom. The smallest absolute Gasteiger partial charge is 0.0816 e. The van der Waals surface area contributed by atoms with Crippen LogP contribution < -0.4 is 0 Å². The number of hydrogen-bond acceptors (Lipinski definition) is 2. The van der Waals surface area contributed by atoms with Gasteiger partial charge in [0.05, 0.1) is 44.8 Å². The molecule has 0 spiro atoms. The Morgan fingerprint density at radius 1 is 0.190 bits per heavy atom. The third-order valence-electron chi connectivity index (χ3n) is 17.7. The summed E-state index contributed by atoms with van der Waals surface area (Å²) in [5.41, 5.74) is 20.1. The molecule has 3 aliphatic rings. The zero-order valence-electron chi connectivity index (χ0n) is 45.5. The Kier molecular flexibility index (Phi) is 10.1. The van der Waals surface area contributed by atoms with E-state index < -0.39 is 0 Å². The van der Waals surface area contributed by atoms with Gasteiger partial charge in [0.2, 0.25) is 0 Å². The van der Waals surface area contributed by atoms with E-state index in [9.17, 15) is 0 Å². The highest BCUT2D eigenvalue weighted by molar-refractivity contribution is 6.25. The van der Waals surface area contributed by atoms with Crippen molar-refractivity contribution in [2.75, 3.05) is 0 Å². The number of aromatic amines is 2. The Balaban J connectivity index is 1.18. The van der Waals surface area contributed by atoms with Crippen LogP contribution in [0.15, 0.2) is 279 Å². The molecule has 2 aromatic heterocycles.